The van der Waals surface area contributed by atoms with Crippen LogP contribution in [-0.4, -0.2) is 4.98 Å². The van der Waals surface area contributed by atoms with E-state index < -0.39 is 0 Å². The van der Waals surface area contributed by atoms with E-state index in [2.05, 4.69) is 36.8 Å². The Morgan fingerprint density at radius 1 is 1.22 bits per heavy atom. The van der Waals surface area contributed by atoms with Gasteiger partial charge in [-0.15, -0.1) is 0 Å². The Labute approximate surface area is 123 Å². The molecule has 1 aromatic heterocycles. The highest BCUT2D eigenvalue weighted by atomic mass is 79.9. The summed E-state index contributed by atoms with van der Waals surface area (Å²) in [7, 11) is 0. The maximum atomic E-state index is 5.75. The predicted molar refractivity (Wildman–Crippen MR) is 79.6 cm³/mol. The van der Waals surface area contributed by atoms with Gasteiger partial charge in [0, 0.05) is 11.4 Å². The molecule has 2 rings (SSSR count). The first-order valence-electron chi connectivity index (χ1n) is 5.36. The molecule has 2 N–H and O–H groups in total. The quantitative estimate of drug-likeness (QED) is 0.827. The molecule has 0 aliphatic heterocycles. The third-order valence-electron chi connectivity index (χ3n) is 2.33. The summed E-state index contributed by atoms with van der Waals surface area (Å²) in [5.41, 5.74) is 8.28. The molecule has 0 saturated carbocycles. The zero-order chi connectivity index (χ0) is 13.1. The number of aryl methyl sites for hydroxylation is 1. The van der Waals surface area contributed by atoms with Gasteiger partial charge in [-0.1, -0.05) is 6.07 Å². The maximum absolute atomic E-state index is 5.75. The molecular formula is C13H12Br2N2O. The third kappa shape index (κ3) is 3.23. The normalized spacial score (nSPS) is 10.4. The Morgan fingerprint density at radius 2 is 1.89 bits per heavy atom. The Morgan fingerprint density at radius 3 is 2.50 bits per heavy atom. The van der Waals surface area contributed by atoms with E-state index >= 15 is 0 Å². The lowest BCUT2D eigenvalue weighted by Crippen LogP contribution is -2.00. The topological polar surface area (TPSA) is 48.1 Å². The lowest BCUT2D eigenvalue weighted by molar-refractivity contribution is 0.297. The van der Waals surface area contributed by atoms with Gasteiger partial charge in [-0.3, -0.25) is 4.98 Å². The molecule has 1 aromatic carbocycles. The van der Waals surface area contributed by atoms with Crippen molar-refractivity contribution < 1.29 is 4.74 Å². The molecule has 0 atom stereocenters. The molecule has 18 heavy (non-hydrogen) atoms. The summed E-state index contributed by atoms with van der Waals surface area (Å²) in [5.74, 6) is 0.729. The van der Waals surface area contributed by atoms with Crippen LogP contribution in [-0.2, 0) is 6.61 Å². The first kappa shape index (κ1) is 13.4. The van der Waals surface area contributed by atoms with E-state index in [1.165, 1.54) is 0 Å². The fraction of sp³-hybridized carbons (Fsp3) is 0.154. The van der Waals surface area contributed by atoms with E-state index in [1.54, 1.807) is 0 Å². The van der Waals surface area contributed by atoms with Crippen molar-refractivity contribution in [2.24, 2.45) is 0 Å². The van der Waals surface area contributed by atoms with Crippen molar-refractivity contribution in [3.05, 3.63) is 50.7 Å². The van der Waals surface area contributed by atoms with Crippen LogP contribution >= 0.6 is 31.9 Å². The molecule has 5 heteroatoms. The smallest absolute Gasteiger partial charge is 0.148 e. The standard InChI is InChI=1S/C13H12Br2N2O/c1-8-3-2-4-10(17-8)7-18-13-11(14)5-9(16)6-12(13)15/h2-6H,7,16H2,1H3. The molecule has 0 unspecified atom stereocenters. The summed E-state index contributed by atoms with van der Waals surface area (Å²) in [6.07, 6.45) is 0. The molecule has 0 radical (unpaired) electrons. The zero-order valence-corrected chi connectivity index (χ0v) is 13.0. The van der Waals surface area contributed by atoms with Gasteiger partial charge in [0.1, 0.15) is 12.4 Å². The van der Waals surface area contributed by atoms with Crippen molar-refractivity contribution in [1.82, 2.24) is 4.98 Å². The van der Waals surface area contributed by atoms with Crippen molar-refractivity contribution in [2.45, 2.75) is 13.5 Å². The number of rotatable bonds is 3. The number of nitrogens with zero attached hydrogens (tertiary/aromatic N) is 1. The highest BCUT2D eigenvalue weighted by Gasteiger charge is 2.08. The summed E-state index contributed by atoms with van der Waals surface area (Å²) >= 11 is 6.86. The highest BCUT2D eigenvalue weighted by Crippen LogP contribution is 2.35. The van der Waals surface area contributed by atoms with Crippen LogP contribution in [0.25, 0.3) is 0 Å². The van der Waals surface area contributed by atoms with Gasteiger partial charge >= 0.3 is 0 Å². The maximum Gasteiger partial charge on any atom is 0.148 e. The molecule has 2 aromatic rings. The van der Waals surface area contributed by atoms with Crippen LogP contribution < -0.4 is 10.5 Å². The number of aromatic nitrogens is 1. The van der Waals surface area contributed by atoms with Gasteiger partial charge in [-0.2, -0.15) is 0 Å². The first-order valence-corrected chi connectivity index (χ1v) is 6.94. The van der Waals surface area contributed by atoms with Gasteiger partial charge in [-0.05, 0) is 63.0 Å². The van der Waals surface area contributed by atoms with Crippen LogP contribution in [0.3, 0.4) is 0 Å². The summed E-state index contributed by atoms with van der Waals surface area (Å²) in [6.45, 7) is 2.38. The molecule has 1 heterocycles. The Hall–Kier alpha value is -1.07. The Balaban J connectivity index is 2.16. The number of benzene rings is 1. The van der Waals surface area contributed by atoms with Crippen LogP contribution in [0.15, 0.2) is 39.3 Å². The monoisotopic (exact) mass is 370 g/mol. The number of nitrogens with two attached hydrogens (primary N) is 1. The number of ether oxygens (including phenoxy) is 1. The number of nitrogen functional groups attached to an aromatic ring is 1. The van der Waals surface area contributed by atoms with Crippen LogP contribution in [0.4, 0.5) is 5.69 Å². The lowest BCUT2D eigenvalue weighted by atomic mass is 10.3. The number of hydrogen-bond acceptors (Lipinski definition) is 3. The largest absolute Gasteiger partial charge is 0.485 e. The van der Waals surface area contributed by atoms with Crippen molar-refractivity contribution in [1.29, 1.82) is 0 Å². The fourth-order valence-electron chi connectivity index (χ4n) is 1.54. The van der Waals surface area contributed by atoms with E-state index in [1.807, 2.05) is 37.3 Å². The van der Waals surface area contributed by atoms with E-state index in [9.17, 15) is 0 Å². The minimum absolute atomic E-state index is 0.419. The second kappa shape index (κ2) is 5.71. The van der Waals surface area contributed by atoms with E-state index in [0.29, 0.717) is 12.3 Å². The van der Waals surface area contributed by atoms with Crippen molar-refractivity contribution in [3.8, 4) is 5.75 Å². The summed E-state index contributed by atoms with van der Waals surface area (Å²) in [5, 5.41) is 0. The number of anilines is 1. The van der Waals surface area contributed by atoms with Gasteiger partial charge in [0.25, 0.3) is 0 Å². The van der Waals surface area contributed by atoms with Crippen LogP contribution in [0.1, 0.15) is 11.4 Å². The van der Waals surface area contributed by atoms with Gasteiger partial charge in [0.15, 0.2) is 0 Å². The molecule has 0 aliphatic carbocycles. The molecular weight excluding hydrogens is 360 g/mol. The van der Waals surface area contributed by atoms with E-state index in [0.717, 1.165) is 26.1 Å². The van der Waals surface area contributed by atoms with Gasteiger partial charge in [-0.25, -0.2) is 0 Å². The predicted octanol–water partition coefficient (Wildman–Crippen LogP) is 4.08. The lowest BCUT2D eigenvalue weighted by Gasteiger charge is -2.11. The summed E-state index contributed by atoms with van der Waals surface area (Å²) in [6, 6.07) is 9.48. The van der Waals surface area contributed by atoms with Crippen molar-refractivity contribution in [2.75, 3.05) is 5.73 Å². The SMILES string of the molecule is Cc1cccc(COc2c(Br)cc(N)cc2Br)n1. The van der Waals surface area contributed by atoms with Crippen molar-refractivity contribution in [3.63, 3.8) is 0 Å². The highest BCUT2D eigenvalue weighted by molar-refractivity contribution is 9.11. The molecule has 0 amide bonds. The van der Waals surface area contributed by atoms with Gasteiger partial charge in [0.05, 0.1) is 14.6 Å². The molecule has 0 aliphatic rings. The molecule has 0 fully saturated rings. The minimum atomic E-state index is 0.419. The molecule has 0 bridgehead atoms. The number of halogens is 2. The van der Waals surface area contributed by atoms with Crippen molar-refractivity contribution >= 4 is 37.5 Å². The van der Waals surface area contributed by atoms with Crippen LogP contribution in [0.2, 0.25) is 0 Å². The van der Waals surface area contributed by atoms with Gasteiger partial charge < -0.3 is 10.5 Å². The van der Waals surface area contributed by atoms with Gasteiger partial charge in [0.2, 0.25) is 0 Å². The molecule has 0 saturated heterocycles. The summed E-state index contributed by atoms with van der Waals surface area (Å²) in [4.78, 5) is 4.38. The first-order chi connectivity index (χ1) is 8.56. The second-order valence-corrected chi connectivity index (χ2v) is 5.58. The van der Waals surface area contributed by atoms with E-state index in [-0.39, 0.29) is 0 Å². The minimum Gasteiger partial charge on any atom is -0.485 e. The summed E-state index contributed by atoms with van der Waals surface area (Å²) < 4.78 is 7.39. The van der Waals surface area contributed by atoms with Crippen LogP contribution in [0.5, 0.6) is 5.75 Å². The Kier molecular flexibility index (Phi) is 4.24. The Bertz CT molecular complexity index is 550. The fourth-order valence-corrected chi connectivity index (χ4v) is 2.99. The average Bonchev–Trinajstić information content (AvgIpc) is 2.27. The molecule has 3 nitrogen and oxygen atoms in total. The molecule has 94 valence electrons. The molecule has 0 spiro atoms. The second-order valence-electron chi connectivity index (χ2n) is 3.87. The number of pyridine rings is 1. The average molecular weight is 372 g/mol. The number of hydrogen-bond donors (Lipinski definition) is 1. The van der Waals surface area contributed by atoms with E-state index in [4.69, 9.17) is 10.5 Å². The third-order valence-corrected chi connectivity index (χ3v) is 3.51. The van der Waals surface area contributed by atoms with Crippen LogP contribution in [0, 0.1) is 6.92 Å². The zero-order valence-electron chi connectivity index (χ0n) is 9.78.